The second kappa shape index (κ2) is 10.9. The normalized spacial score (nSPS) is 10.2. The van der Waals surface area contributed by atoms with Crippen molar-refractivity contribution < 1.29 is 19.1 Å². The first-order valence-corrected chi connectivity index (χ1v) is 5.83. The van der Waals surface area contributed by atoms with Crippen molar-refractivity contribution in [3.63, 3.8) is 0 Å². The molecule has 0 heterocycles. The molecule has 17 heavy (non-hydrogen) atoms. The van der Waals surface area contributed by atoms with Gasteiger partial charge >= 0.3 is 11.9 Å². The number of rotatable bonds is 9. The number of ether oxygens (including phenoxy) is 2. The van der Waals surface area contributed by atoms with Crippen LogP contribution in [0.3, 0.4) is 0 Å². The van der Waals surface area contributed by atoms with Crippen LogP contribution in [0.1, 0.15) is 32.6 Å². The maximum atomic E-state index is 11.1. The van der Waals surface area contributed by atoms with Gasteiger partial charge in [-0.25, -0.2) is 9.59 Å². The molecule has 0 spiro atoms. The first kappa shape index (κ1) is 15.4. The molecule has 4 heteroatoms. The third kappa shape index (κ3) is 10.7. The fourth-order valence-electron chi connectivity index (χ4n) is 1.07. The van der Waals surface area contributed by atoms with Crippen molar-refractivity contribution in [3.05, 3.63) is 24.8 Å². The van der Waals surface area contributed by atoms with E-state index in [1.165, 1.54) is 6.08 Å². The van der Waals surface area contributed by atoms with E-state index in [2.05, 4.69) is 18.2 Å². The zero-order valence-electron chi connectivity index (χ0n) is 10.3. The Morgan fingerprint density at radius 3 is 2.29 bits per heavy atom. The number of hydrogen-bond acceptors (Lipinski definition) is 4. The predicted octanol–water partition coefficient (Wildman–Crippen LogP) is 2.40. The zero-order valence-corrected chi connectivity index (χ0v) is 10.3. The minimum absolute atomic E-state index is 0.134. The van der Waals surface area contributed by atoms with Gasteiger partial charge in [-0.3, -0.25) is 0 Å². The van der Waals surface area contributed by atoms with Crippen LogP contribution in [-0.2, 0) is 19.1 Å². The molecular formula is C13H20O4. The SMILES string of the molecule is C=CCOC(=O)/C=C/C(=O)OCCCCCC. The maximum absolute atomic E-state index is 11.1. The van der Waals surface area contributed by atoms with Gasteiger partial charge in [0.05, 0.1) is 6.61 Å². The molecule has 0 aromatic carbocycles. The van der Waals surface area contributed by atoms with Crippen LogP contribution in [0, 0.1) is 0 Å². The molecule has 0 unspecified atom stereocenters. The molecule has 0 atom stereocenters. The molecule has 0 fully saturated rings. The quantitative estimate of drug-likeness (QED) is 0.269. The average Bonchev–Trinajstić information content (AvgIpc) is 2.33. The highest BCUT2D eigenvalue weighted by Crippen LogP contribution is 1.99. The Morgan fingerprint density at radius 2 is 1.71 bits per heavy atom. The number of esters is 2. The van der Waals surface area contributed by atoms with E-state index in [1.54, 1.807) is 0 Å². The van der Waals surface area contributed by atoms with Gasteiger partial charge in [-0.15, -0.1) is 0 Å². The molecular weight excluding hydrogens is 220 g/mol. The van der Waals surface area contributed by atoms with Crippen LogP contribution >= 0.6 is 0 Å². The van der Waals surface area contributed by atoms with E-state index in [-0.39, 0.29) is 6.61 Å². The van der Waals surface area contributed by atoms with E-state index in [0.29, 0.717) is 6.61 Å². The van der Waals surface area contributed by atoms with E-state index in [1.807, 2.05) is 0 Å². The molecule has 0 saturated carbocycles. The summed E-state index contributed by atoms with van der Waals surface area (Å²) < 4.78 is 9.54. The summed E-state index contributed by atoms with van der Waals surface area (Å²) in [5, 5.41) is 0. The summed E-state index contributed by atoms with van der Waals surface area (Å²) in [5.41, 5.74) is 0. The van der Waals surface area contributed by atoms with Gasteiger partial charge in [-0.05, 0) is 6.42 Å². The van der Waals surface area contributed by atoms with Crippen molar-refractivity contribution in [1.82, 2.24) is 0 Å². The average molecular weight is 240 g/mol. The third-order valence-corrected chi connectivity index (χ3v) is 1.94. The van der Waals surface area contributed by atoms with Crippen LogP contribution < -0.4 is 0 Å². The largest absolute Gasteiger partial charge is 0.463 e. The summed E-state index contributed by atoms with van der Waals surface area (Å²) in [5.74, 6) is -1.09. The number of carbonyl (C=O) groups excluding carboxylic acids is 2. The van der Waals surface area contributed by atoms with Crippen molar-refractivity contribution in [1.29, 1.82) is 0 Å². The lowest BCUT2D eigenvalue weighted by Gasteiger charge is -2.01. The smallest absolute Gasteiger partial charge is 0.331 e. The summed E-state index contributed by atoms with van der Waals surface area (Å²) >= 11 is 0. The Labute approximate surface area is 102 Å². The van der Waals surface area contributed by atoms with Crippen LogP contribution in [-0.4, -0.2) is 25.2 Å². The Balaban J connectivity index is 3.59. The molecule has 4 nitrogen and oxygen atoms in total. The van der Waals surface area contributed by atoms with Crippen molar-refractivity contribution >= 4 is 11.9 Å². The molecule has 0 aromatic rings. The number of carbonyl (C=O) groups is 2. The molecule has 0 aliphatic rings. The van der Waals surface area contributed by atoms with Gasteiger partial charge in [0.15, 0.2) is 0 Å². The third-order valence-electron chi connectivity index (χ3n) is 1.94. The molecule has 0 radical (unpaired) electrons. The fourth-order valence-corrected chi connectivity index (χ4v) is 1.07. The lowest BCUT2D eigenvalue weighted by Crippen LogP contribution is -2.05. The monoisotopic (exact) mass is 240 g/mol. The Hall–Kier alpha value is -1.58. The van der Waals surface area contributed by atoms with Crippen molar-refractivity contribution in [2.75, 3.05) is 13.2 Å². The second-order valence-electron chi connectivity index (χ2n) is 3.48. The highest BCUT2D eigenvalue weighted by molar-refractivity contribution is 5.91. The lowest BCUT2D eigenvalue weighted by atomic mass is 10.2. The molecule has 0 aromatic heterocycles. The molecule has 0 aliphatic carbocycles. The van der Waals surface area contributed by atoms with Crippen molar-refractivity contribution in [2.24, 2.45) is 0 Å². The van der Waals surface area contributed by atoms with Gasteiger partial charge in [-0.1, -0.05) is 38.8 Å². The number of unbranched alkanes of at least 4 members (excludes halogenated alkanes) is 3. The highest BCUT2D eigenvalue weighted by Gasteiger charge is 1.99. The highest BCUT2D eigenvalue weighted by atomic mass is 16.5. The minimum atomic E-state index is -0.576. The molecule has 0 rings (SSSR count). The number of hydrogen-bond donors (Lipinski definition) is 0. The van der Waals surface area contributed by atoms with Crippen LogP contribution in [0.15, 0.2) is 24.8 Å². The van der Waals surface area contributed by atoms with Crippen LogP contribution in [0.4, 0.5) is 0 Å². The zero-order chi connectivity index (χ0) is 12.9. The topological polar surface area (TPSA) is 52.6 Å². The predicted molar refractivity (Wildman–Crippen MR) is 65.4 cm³/mol. The second-order valence-corrected chi connectivity index (χ2v) is 3.48. The van der Waals surface area contributed by atoms with Crippen LogP contribution in [0.25, 0.3) is 0 Å². The van der Waals surface area contributed by atoms with Gasteiger partial charge in [0.25, 0.3) is 0 Å². The van der Waals surface area contributed by atoms with E-state index in [9.17, 15) is 9.59 Å². The summed E-state index contributed by atoms with van der Waals surface area (Å²) in [6.45, 7) is 6.04. The summed E-state index contributed by atoms with van der Waals surface area (Å²) in [6.07, 6.45) is 7.77. The van der Waals surface area contributed by atoms with E-state index in [4.69, 9.17) is 4.74 Å². The Morgan fingerprint density at radius 1 is 1.06 bits per heavy atom. The molecule has 0 aliphatic heterocycles. The Kier molecular flexibility index (Phi) is 9.91. The first-order valence-electron chi connectivity index (χ1n) is 5.83. The van der Waals surface area contributed by atoms with Crippen LogP contribution in [0.2, 0.25) is 0 Å². The van der Waals surface area contributed by atoms with Gasteiger partial charge in [0.1, 0.15) is 6.61 Å². The van der Waals surface area contributed by atoms with E-state index in [0.717, 1.165) is 37.8 Å². The maximum Gasteiger partial charge on any atom is 0.331 e. The van der Waals surface area contributed by atoms with Crippen molar-refractivity contribution in [2.45, 2.75) is 32.6 Å². The standard InChI is InChI=1S/C13H20O4/c1-3-5-6-7-11-17-13(15)9-8-12(14)16-10-4-2/h4,8-9H,2-3,5-7,10-11H2,1H3/b9-8+. The lowest BCUT2D eigenvalue weighted by molar-refractivity contribution is -0.140. The summed E-state index contributed by atoms with van der Waals surface area (Å²) in [7, 11) is 0. The van der Waals surface area contributed by atoms with E-state index >= 15 is 0 Å². The minimum Gasteiger partial charge on any atom is -0.463 e. The summed E-state index contributed by atoms with van der Waals surface area (Å²) in [6, 6.07) is 0. The molecule has 0 N–H and O–H groups in total. The first-order chi connectivity index (χ1) is 8.20. The fraction of sp³-hybridized carbons (Fsp3) is 0.538. The van der Waals surface area contributed by atoms with Gasteiger partial charge in [0, 0.05) is 12.2 Å². The molecule has 0 saturated heterocycles. The molecule has 0 amide bonds. The van der Waals surface area contributed by atoms with Gasteiger partial charge in [0.2, 0.25) is 0 Å². The summed E-state index contributed by atoms with van der Waals surface area (Å²) in [4.78, 5) is 22.1. The van der Waals surface area contributed by atoms with Crippen LogP contribution in [0.5, 0.6) is 0 Å². The molecule has 0 bridgehead atoms. The van der Waals surface area contributed by atoms with E-state index < -0.39 is 11.9 Å². The molecule has 96 valence electrons. The van der Waals surface area contributed by atoms with Gasteiger partial charge in [-0.2, -0.15) is 0 Å². The Bertz CT molecular complexity index is 269. The van der Waals surface area contributed by atoms with Crippen molar-refractivity contribution in [3.8, 4) is 0 Å². The van der Waals surface area contributed by atoms with Gasteiger partial charge < -0.3 is 9.47 Å².